The Morgan fingerprint density at radius 3 is 2.72 bits per heavy atom. The summed E-state index contributed by atoms with van der Waals surface area (Å²) in [5.74, 6) is -0.324. The zero-order valence-corrected chi connectivity index (χ0v) is 10.9. The average molecular weight is 247 g/mol. The fourth-order valence-corrected chi connectivity index (χ4v) is 2.52. The Hall–Kier alpha value is -1.55. The molecule has 3 N–H and O–H groups in total. The van der Waals surface area contributed by atoms with Gasteiger partial charge in [0.25, 0.3) is 0 Å². The Bertz CT molecular complexity index is 425. The first-order valence-electron chi connectivity index (χ1n) is 6.61. The van der Waals surface area contributed by atoms with Crippen molar-refractivity contribution in [3.63, 3.8) is 0 Å². The van der Waals surface area contributed by atoms with Gasteiger partial charge in [0.15, 0.2) is 0 Å². The van der Waals surface area contributed by atoms with Gasteiger partial charge in [0, 0.05) is 37.4 Å². The number of hydrogen-bond acceptors (Lipinski definition) is 3. The van der Waals surface area contributed by atoms with E-state index in [4.69, 9.17) is 5.73 Å². The lowest BCUT2D eigenvalue weighted by Crippen LogP contribution is -2.44. The molecule has 1 aliphatic rings. The van der Waals surface area contributed by atoms with Crippen LogP contribution in [0.2, 0.25) is 0 Å². The molecule has 1 saturated heterocycles. The van der Waals surface area contributed by atoms with Crippen molar-refractivity contribution in [1.29, 1.82) is 0 Å². The van der Waals surface area contributed by atoms with Crippen LogP contribution < -0.4 is 16.0 Å². The Kier molecular flexibility index (Phi) is 4.20. The minimum absolute atomic E-state index is 0.324. The average Bonchev–Trinajstić information content (AvgIpc) is 2.40. The van der Waals surface area contributed by atoms with E-state index in [1.54, 1.807) is 0 Å². The van der Waals surface area contributed by atoms with Crippen LogP contribution in [-0.2, 0) is 6.42 Å². The quantitative estimate of drug-likeness (QED) is 0.839. The second kappa shape index (κ2) is 5.87. The minimum Gasteiger partial charge on any atom is -0.369 e. The fourth-order valence-electron chi connectivity index (χ4n) is 2.52. The van der Waals surface area contributed by atoms with Crippen molar-refractivity contribution in [2.45, 2.75) is 19.8 Å². The van der Waals surface area contributed by atoms with Crippen molar-refractivity contribution in [3.8, 4) is 0 Å². The van der Waals surface area contributed by atoms with E-state index in [2.05, 4.69) is 23.2 Å². The van der Waals surface area contributed by atoms with Crippen LogP contribution in [0.25, 0.3) is 0 Å². The highest BCUT2D eigenvalue weighted by molar-refractivity contribution is 5.96. The number of nitrogens with two attached hydrogens (primary N) is 1. The Labute approximate surface area is 108 Å². The van der Waals surface area contributed by atoms with Crippen LogP contribution in [0.15, 0.2) is 18.2 Å². The van der Waals surface area contributed by atoms with Crippen LogP contribution in [0.5, 0.6) is 0 Å². The maximum Gasteiger partial charge on any atom is 0.249 e. The molecule has 1 fully saturated rings. The van der Waals surface area contributed by atoms with Crippen molar-refractivity contribution in [2.75, 3.05) is 31.1 Å². The van der Waals surface area contributed by atoms with Crippen LogP contribution in [0.3, 0.4) is 0 Å². The summed E-state index contributed by atoms with van der Waals surface area (Å²) in [6, 6.07) is 5.86. The number of benzene rings is 1. The number of anilines is 1. The number of nitrogens with one attached hydrogen (secondary N) is 1. The van der Waals surface area contributed by atoms with Crippen LogP contribution in [-0.4, -0.2) is 32.1 Å². The molecule has 18 heavy (non-hydrogen) atoms. The number of rotatable bonds is 4. The SMILES string of the molecule is CCCc1c(C(N)=O)cccc1N1CCNCC1. The Balaban J connectivity index is 2.38. The van der Waals surface area contributed by atoms with Gasteiger partial charge >= 0.3 is 0 Å². The third-order valence-electron chi connectivity index (χ3n) is 3.37. The third-order valence-corrected chi connectivity index (χ3v) is 3.37. The van der Waals surface area contributed by atoms with E-state index in [0.29, 0.717) is 5.56 Å². The highest BCUT2D eigenvalue weighted by Gasteiger charge is 2.17. The van der Waals surface area contributed by atoms with Crippen molar-refractivity contribution < 1.29 is 4.79 Å². The zero-order chi connectivity index (χ0) is 13.0. The lowest BCUT2D eigenvalue weighted by Gasteiger charge is -2.31. The standard InChI is InChI=1S/C14H21N3O/c1-2-4-11-12(14(15)18)5-3-6-13(11)17-9-7-16-8-10-17/h3,5-6,16H,2,4,7-10H2,1H3,(H2,15,18). The first-order chi connectivity index (χ1) is 8.74. The second-order valence-corrected chi connectivity index (χ2v) is 4.65. The highest BCUT2D eigenvalue weighted by Crippen LogP contribution is 2.25. The van der Waals surface area contributed by atoms with Crippen molar-refractivity contribution in [3.05, 3.63) is 29.3 Å². The molecule has 0 atom stereocenters. The van der Waals surface area contributed by atoms with Gasteiger partial charge in [-0.3, -0.25) is 4.79 Å². The summed E-state index contributed by atoms with van der Waals surface area (Å²) in [6.07, 6.45) is 1.92. The van der Waals surface area contributed by atoms with Gasteiger partial charge in [0.1, 0.15) is 0 Å². The fraction of sp³-hybridized carbons (Fsp3) is 0.500. The van der Waals surface area contributed by atoms with Crippen molar-refractivity contribution in [2.24, 2.45) is 5.73 Å². The maximum absolute atomic E-state index is 11.5. The van der Waals surface area contributed by atoms with Crippen LogP contribution in [0, 0.1) is 0 Å². The molecule has 0 unspecified atom stereocenters. The molecule has 0 saturated carbocycles. The molecule has 0 aliphatic carbocycles. The number of piperazine rings is 1. The first kappa shape index (κ1) is 12.9. The largest absolute Gasteiger partial charge is 0.369 e. The first-order valence-corrected chi connectivity index (χ1v) is 6.61. The molecule has 0 spiro atoms. The van der Waals surface area contributed by atoms with Gasteiger partial charge in [-0.05, 0) is 24.1 Å². The predicted molar refractivity (Wildman–Crippen MR) is 74.0 cm³/mol. The molecule has 1 aromatic rings. The van der Waals surface area contributed by atoms with Gasteiger partial charge in [-0.1, -0.05) is 19.4 Å². The lowest BCUT2D eigenvalue weighted by atomic mass is 9.99. The molecule has 1 amide bonds. The number of primary amides is 1. The molecule has 1 aliphatic heterocycles. The van der Waals surface area contributed by atoms with E-state index in [1.807, 2.05) is 12.1 Å². The normalized spacial score (nSPS) is 15.7. The third kappa shape index (κ3) is 2.64. The molecule has 1 heterocycles. The van der Waals surface area contributed by atoms with Crippen molar-refractivity contribution >= 4 is 11.6 Å². The minimum atomic E-state index is -0.324. The summed E-state index contributed by atoms with van der Waals surface area (Å²) in [4.78, 5) is 13.9. The zero-order valence-electron chi connectivity index (χ0n) is 10.9. The maximum atomic E-state index is 11.5. The van der Waals surface area contributed by atoms with Crippen LogP contribution in [0.4, 0.5) is 5.69 Å². The Morgan fingerprint density at radius 2 is 2.11 bits per heavy atom. The van der Waals surface area contributed by atoms with E-state index in [9.17, 15) is 4.79 Å². The molecule has 98 valence electrons. The monoisotopic (exact) mass is 247 g/mol. The molecule has 0 radical (unpaired) electrons. The second-order valence-electron chi connectivity index (χ2n) is 4.65. The Morgan fingerprint density at radius 1 is 1.39 bits per heavy atom. The van der Waals surface area contributed by atoms with Crippen molar-refractivity contribution in [1.82, 2.24) is 5.32 Å². The predicted octanol–water partition coefficient (Wildman–Crippen LogP) is 1.15. The van der Waals surface area contributed by atoms with E-state index in [1.165, 1.54) is 5.69 Å². The summed E-state index contributed by atoms with van der Waals surface area (Å²) in [5, 5.41) is 3.34. The summed E-state index contributed by atoms with van der Waals surface area (Å²) in [6.45, 7) is 6.08. The number of carbonyl (C=O) groups is 1. The summed E-state index contributed by atoms with van der Waals surface area (Å²) in [7, 11) is 0. The van der Waals surface area contributed by atoms with Gasteiger partial charge in [0.2, 0.25) is 5.91 Å². The molecular formula is C14H21N3O. The topological polar surface area (TPSA) is 58.4 Å². The molecule has 0 bridgehead atoms. The van der Waals surface area contributed by atoms with Crippen LogP contribution in [0.1, 0.15) is 29.3 Å². The van der Waals surface area contributed by atoms with Gasteiger partial charge in [-0.2, -0.15) is 0 Å². The number of nitrogens with zero attached hydrogens (tertiary/aromatic N) is 1. The summed E-state index contributed by atoms with van der Waals surface area (Å²) >= 11 is 0. The van der Waals surface area contributed by atoms with Gasteiger partial charge in [-0.25, -0.2) is 0 Å². The lowest BCUT2D eigenvalue weighted by molar-refractivity contribution is 0.0999. The van der Waals surface area contributed by atoms with E-state index < -0.39 is 0 Å². The van der Waals surface area contributed by atoms with Gasteiger partial charge < -0.3 is 16.0 Å². The molecule has 4 heteroatoms. The van der Waals surface area contributed by atoms with Gasteiger partial charge in [-0.15, -0.1) is 0 Å². The molecule has 0 aromatic heterocycles. The van der Waals surface area contributed by atoms with Gasteiger partial charge in [0.05, 0.1) is 0 Å². The number of amides is 1. The molecule has 1 aromatic carbocycles. The van der Waals surface area contributed by atoms with E-state index in [0.717, 1.165) is 44.6 Å². The number of carbonyl (C=O) groups excluding carboxylic acids is 1. The molecule has 4 nitrogen and oxygen atoms in total. The van der Waals surface area contributed by atoms with E-state index >= 15 is 0 Å². The highest BCUT2D eigenvalue weighted by atomic mass is 16.1. The van der Waals surface area contributed by atoms with Crippen LogP contribution >= 0.6 is 0 Å². The molecule has 2 rings (SSSR count). The summed E-state index contributed by atoms with van der Waals surface area (Å²) in [5.41, 5.74) is 8.43. The molecular weight excluding hydrogens is 226 g/mol. The number of hydrogen-bond donors (Lipinski definition) is 2. The van der Waals surface area contributed by atoms with E-state index in [-0.39, 0.29) is 5.91 Å². The summed E-state index contributed by atoms with van der Waals surface area (Å²) < 4.78 is 0. The smallest absolute Gasteiger partial charge is 0.249 e.